The average Bonchev–Trinajstić information content (AvgIpc) is 3.40. The van der Waals surface area contributed by atoms with E-state index < -0.39 is 0 Å². The smallest absolute Gasteiger partial charge is 0.0811 e. The Morgan fingerprint density at radius 2 is 1.50 bits per heavy atom. The van der Waals surface area contributed by atoms with Crippen LogP contribution in [0, 0.1) is 33.5 Å². The molecule has 0 spiro atoms. The second-order valence-corrected chi connectivity index (χ2v) is 13.4. The molecule has 4 fully saturated rings. The fraction of sp³-hybridized carbons (Fsp3) is 0.656. The zero-order chi connectivity index (χ0) is 25.6. The van der Waals surface area contributed by atoms with Crippen LogP contribution in [0.2, 0.25) is 0 Å². The number of nitrogens with zero attached hydrogens (tertiary/aromatic N) is 3. The highest BCUT2D eigenvalue weighted by Crippen LogP contribution is 2.65. The van der Waals surface area contributed by atoms with E-state index in [9.17, 15) is 0 Å². The molecule has 36 heavy (non-hydrogen) atoms. The van der Waals surface area contributed by atoms with Crippen molar-refractivity contribution in [3.8, 4) is 0 Å². The van der Waals surface area contributed by atoms with Crippen molar-refractivity contribution in [1.82, 2.24) is 15.3 Å². The number of aliphatic imine (C=N–C) groups is 1. The fourth-order valence-corrected chi connectivity index (χ4v) is 8.08. The highest BCUT2D eigenvalue weighted by Gasteiger charge is 2.61. The maximum atomic E-state index is 4.90. The van der Waals surface area contributed by atoms with E-state index in [0.29, 0.717) is 27.7 Å². The summed E-state index contributed by atoms with van der Waals surface area (Å²) in [6.07, 6.45) is 11.8. The quantitative estimate of drug-likeness (QED) is 0.484. The van der Waals surface area contributed by atoms with E-state index in [1.54, 1.807) is 0 Å². The summed E-state index contributed by atoms with van der Waals surface area (Å²) in [5.74, 6) is 1.74. The molecule has 4 heteroatoms. The minimum Gasteiger partial charge on any atom is -0.308 e. The molecule has 0 saturated heterocycles. The van der Waals surface area contributed by atoms with Gasteiger partial charge in [-0.1, -0.05) is 53.7 Å². The lowest BCUT2D eigenvalue weighted by Gasteiger charge is -2.39. The van der Waals surface area contributed by atoms with Gasteiger partial charge in [-0.05, 0) is 90.9 Å². The molecule has 2 aromatic heterocycles. The second kappa shape index (κ2) is 9.35. The van der Waals surface area contributed by atoms with Crippen LogP contribution in [0.3, 0.4) is 0 Å². The molecule has 1 N–H and O–H groups in total. The van der Waals surface area contributed by atoms with Crippen LogP contribution in [0.1, 0.15) is 91.5 Å². The number of hydrogen-bond donors (Lipinski definition) is 1. The van der Waals surface area contributed by atoms with Gasteiger partial charge < -0.3 is 5.32 Å². The number of fused-ring (bicyclic) bond motifs is 4. The molecule has 194 valence electrons. The van der Waals surface area contributed by atoms with Gasteiger partial charge in [0.05, 0.1) is 17.9 Å². The molecule has 4 nitrogen and oxygen atoms in total. The third-order valence-electron chi connectivity index (χ3n) is 11.7. The Bertz CT molecular complexity index is 1080. The topological polar surface area (TPSA) is 50.2 Å². The van der Waals surface area contributed by atoms with E-state index in [2.05, 4.69) is 75.0 Å². The Hall–Kier alpha value is -2.07. The Morgan fingerprint density at radius 1 is 0.833 bits per heavy atom. The summed E-state index contributed by atoms with van der Waals surface area (Å²) < 4.78 is 0. The van der Waals surface area contributed by atoms with Crippen LogP contribution < -0.4 is 5.32 Å². The predicted octanol–water partition coefficient (Wildman–Crippen LogP) is 7.25. The van der Waals surface area contributed by atoms with Crippen molar-refractivity contribution in [2.24, 2.45) is 38.5 Å². The monoisotopic (exact) mass is 486 g/mol. The molecule has 0 amide bonds. The largest absolute Gasteiger partial charge is 0.308 e. The summed E-state index contributed by atoms with van der Waals surface area (Å²) >= 11 is 0. The van der Waals surface area contributed by atoms with Crippen LogP contribution in [-0.2, 0) is 13.1 Å². The first-order valence-corrected chi connectivity index (χ1v) is 14.1. The predicted molar refractivity (Wildman–Crippen MR) is 149 cm³/mol. The zero-order valence-electron chi connectivity index (χ0n) is 23.3. The zero-order valence-corrected chi connectivity index (χ0v) is 23.3. The molecule has 4 aliphatic carbocycles. The lowest BCUT2D eigenvalue weighted by molar-refractivity contribution is 0.120. The maximum absolute atomic E-state index is 4.90. The highest BCUT2D eigenvalue weighted by molar-refractivity contribution is 5.94. The summed E-state index contributed by atoms with van der Waals surface area (Å²) in [4.78, 5) is 13.6. The molecule has 0 aliphatic heterocycles. The van der Waals surface area contributed by atoms with Gasteiger partial charge in [0.1, 0.15) is 0 Å². The normalized spacial score (nSPS) is 36.2. The highest BCUT2D eigenvalue weighted by atomic mass is 15.0. The molecule has 4 saturated carbocycles. The van der Waals surface area contributed by atoms with Crippen molar-refractivity contribution < 1.29 is 0 Å². The van der Waals surface area contributed by atoms with Gasteiger partial charge in [0, 0.05) is 36.1 Å². The number of nitrogens with one attached hydrogen (secondary N) is 1. The van der Waals surface area contributed by atoms with Gasteiger partial charge in [-0.15, -0.1) is 0 Å². The Morgan fingerprint density at radius 3 is 2.00 bits per heavy atom. The van der Waals surface area contributed by atoms with Crippen molar-refractivity contribution in [1.29, 1.82) is 0 Å². The van der Waals surface area contributed by atoms with Crippen molar-refractivity contribution in [2.45, 2.75) is 99.2 Å². The van der Waals surface area contributed by atoms with Gasteiger partial charge in [-0.2, -0.15) is 0 Å². The van der Waals surface area contributed by atoms with Gasteiger partial charge in [0.15, 0.2) is 0 Å². The van der Waals surface area contributed by atoms with E-state index >= 15 is 0 Å². The number of pyridine rings is 2. The Kier molecular flexibility index (Phi) is 6.64. The van der Waals surface area contributed by atoms with Crippen LogP contribution in [0.5, 0.6) is 0 Å². The van der Waals surface area contributed by atoms with E-state index in [1.807, 2.05) is 30.6 Å². The fourth-order valence-electron chi connectivity index (χ4n) is 8.08. The van der Waals surface area contributed by atoms with Gasteiger partial charge in [0.2, 0.25) is 0 Å². The number of rotatable bonds is 5. The molecule has 5 atom stereocenters. The van der Waals surface area contributed by atoms with Crippen LogP contribution >= 0.6 is 0 Å². The minimum atomic E-state index is 0.326. The molecule has 3 unspecified atom stereocenters. The first kappa shape index (κ1) is 25.6. The summed E-state index contributed by atoms with van der Waals surface area (Å²) in [6, 6.07) is 12.9. The van der Waals surface area contributed by atoms with Crippen molar-refractivity contribution in [3.63, 3.8) is 0 Å². The molecular formula is C32H46N4. The average molecular weight is 487 g/mol. The molecule has 0 aromatic carbocycles. The van der Waals surface area contributed by atoms with Crippen LogP contribution in [0.15, 0.2) is 53.8 Å². The number of aromatic nitrogens is 2. The van der Waals surface area contributed by atoms with Gasteiger partial charge in [-0.25, -0.2) is 0 Å². The molecular weight excluding hydrogens is 440 g/mol. The summed E-state index contributed by atoms with van der Waals surface area (Å²) in [6.45, 7) is 16.3. The summed E-state index contributed by atoms with van der Waals surface area (Å²) in [5, 5.41) is 3.76. The molecule has 2 heterocycles. The van der Waals surface area contributed by atoms with Gasteiger partial charge in [-0.3, -0.25) is 15.0 Å². The van der Waals surface area contributed by atoms with E-state index in [1.165, 1.54) is 44.2 Å². The van der Waals surface area contributed by atoms with E-state index in [-0.39, 0.29) is 0 Å². The van der Waals surface area contributed by atoms with Crippen LogP contribution in [0.4, 0.5) is 0 Å². The van der Waals surface area contributed by atoms with Crippen molar-refractivity contribution >= 4 is 5.71 Å². The van der Waals surface area contributed by atoms with Gasteiger partial charge in [0.25, 0.3) is 0 Å². The Balaban J connectivity index is 0.000000148. The molecule has 2 aromatic rings. The van der Waals surface area contributed by atoms with Crippen LogP contribution in [-0.4, -0.2) is 21.7 Å². The maximum Gasteiger partial charge on any atom is 0.0811 e. The van der Waals surface area contributed by atoms with Crippen molar-refractivity contribution in [2.75, 3.05) is 0 Å². The summed E-state index contributed by atoms with van der Waals surface area (Å²) in [7, 11) is 0. The van der Waals surface area contributed by atoms with Crippen LogP contribution in [0.25, 0.3) is 0 Å². The Labute approximate surface area is 218 Å². The minimum absolute atomic E-state index is 0.326. The lowest BCUT2D eigenvalue weighted by Crippen LogP contribution is -2.44. The first-order valence-electron chi connectivity index (χ1n) is 14.1. The summed E-state index contributed by atoms with van der Waals surface area (Å²) in [5.41, 5.74) is 5.38. The second-order valence-electron chi connectivity index (χ2n) is 13.4. The van der Waals surface area contributed by atoms with E-state index in [4.69, 9.17) is 4.99 Å². The first-order chi connectivity index (χ1) is 17.1. The van der Waals surface area contributed by atoms with Crippen molar-refractivity contribution in [3.05, 3.63) is 60.2 Å². The molecule has 4 bridgehead atoms. The third kappa shape index (κ3) is 4.14. The van der Waals surface area contributed by atoms with E-state index in [0.717, 1.165) is 36.3 Å². The lowest BCUT2D eigenvalue weighted by atomic mass is 9.69. The molecule has 0 radical (unpaired) electrons. The standard InChI is InChI=1S/C16H24N2.C16H22N2/c2*1-15(2)12-7-8-16(15,3)14(10-12)18-11-13-6-4-5-9-17-13/h4-6,9,12,14,18H,7-8,10-11H2,1-3H3;4-6,9,12H,7-8,10-11H2,1-3H3/t12?,14?,16-;12?,16-/m00/s1. The molecule has 6 rings (SSSR count). The number of hydrogen-bond acceptors (Lipinski definition) is 4. The molecule has 4 aliphatic rings. The third-order valence-corrected chi connectivity index (χ3v) is 11.7. The van der Waals surface area contributed by atoms with Gasteiger partial charge >= 0.3 is 0 Å². The SMILES string of the molecule is CC1(C)C2CC[C@@]1(C)C(=NCc1ccccn1)C2.CC1(C)C2CC[C@@]1(C)C(NCc1ccccn1)C2.